The molecule has 0 aromatic carbocycles. The number of aromatic nitrogens is 4. The Labute approximate surface area is 126 Å². The third kappa shape index (κ3) is 2.07. The van der Waals surface area contributed by atoms with Crippen molar-refractivity contribution in [2.24, 2.45) is 7.05 Å². The van der Waals surface area contributed by atoms with E-state index in [0.29, 0.717) is 16.5 Å². The summed E-state index contributed by atoms with van der Waals surface area (Å²) in [5.41, 5.74) is -0.00863. The van der Waals surface area contributed by atoms with E-state index in [9.17, 15) is 4.79 Å². The second-order valence-corrected chi connectivity index (χ2v) is 7.55. The molecule has 3 aromatic rings. The van der Waals surface area contributed by atoms with Crippen molar-refractivity contribution in [1.29, 1.82) is 0 Å². The molecule has 0 N–H and O–H groups in total. The summed E-state index contributed by atoms with van der Waals surface area (Å²) in [4.78, 5) is 22.1. The topological polar surface area (TPSA) is 60.7 Å². The molecule has 20 heavy (non-hydrogen) atoms. The Bertz CT molecular complexity index is 846. The van der Waals surface area contributed by atoms with Gasteiger partial charge in [0.25, 0.3) is 5.56 Å². The van der Waals surface area contributed by atoms with Gasteiger partial charge in [0, 0.05) is 13.0 Å². The third-order valence-electron chi connectivity index (χ3n) is 3.21. The van der Waals surface area contributed by atoms with Crippen molar-refractivity contribution in [1.82, 2.24) is 18.9 Å². The molecule has 1 aliphatic rings. The van der Waals surface area contributed by atoms with Crippen LogP contribution in [0.3, 0.4) is 0 Å². The summed E-state index contributed by atoms with van der Waals surface area (Å²) in [6.45, 7) is 0. The van der Waals surface area contributed by atoms with Crippen molar-refractivity contribution in [2.45, 2.75) is 28.3 Å². The van der Waals surface area contributed by atoms with Crippen LogP contribution in [-0.2, 0) is 7.05 Å². The van der Waals surface area contributed by atoms with Gasteiger partial charge in [0.2, 0.25) is 0 Å². The maximum absolute atomic E-state index is 12.2. The number of rotatable bonds is 3. The Hall–Kier alpha value is -1.25. The molecule has 4 rings (SSSR count). The highest BCUT2D eigenvalue weighted by Gasteiger charge is 2.28. The number of hydrogen-bond acceptors (Lipinski definition) is 7. The Morgan fingerprint density at radius 2 is 2.25 bits per heavy atom. The zero-order chi connectivity index (χ0) is 13.7. The van der Waals surface area contributed by atoms with Gasteiger partial charge in [-0.15, -0.1) is 11.3 Å². The first-order valence-electron chi connectivity index (χ1n) is 6.18. The molecule has 3 heterocycles. The van der Waals surface area contributed by atoms with Gasteiger partial charge in [0.05, 0.1) is 5.39 Å². The van der Waals surface area contributed by atoms with Gasteiger partial charge in [-0.05, 0) is 47.6 Å². The first-order valence-corrected chi connectivity index (χ1v) is 8.65. The van der Waals surface area contributed by atoms with Crippen molar-refractivity contribution in [3.8, 4) is 0 Å². The van der Waals surface area contributed by atoms with Gasteiger partial charge in [-0.3, -0.25) is 9.36 Å². The molecule has 0 unspecified atom stereocenters. The molecule has 1 fully saturated rings. The van der Waals surface area contributed by atoms with Crippen molar-refractivity contribution in [3.05, 3.63) is 27.6 Å². The average Bonchev–Trinajstić information content (AvgIpc) is 3.00. The molecule has 0 aliphatic heterocycles. The number of fused-ring (bicyclic) bond motifs is 1. The average molecular weight is 322 g/mol. The molecular weight excluding hydrogens is 312 g/mol. The van der Waals surface area contributed by atoms with E-state index in [0.717, 1.165) is 15.0 Å². The lowest BCUT2D eigenvalue weighted by atomic mass is 10.4. The molecule has 0 radical (unpaired) electrons. The maximum Gasteiger partial charge on any atom is 0.262 e. The van der Waals surface area contributed by atoms with E-state index < -0.39 is 0 Å². The fraction of sp³-hybridized carbons (Fsp3) is 0.333. The molecule has 8 heteroatoms. The summed E-state index contributed by atoms with van der Waals surface area (Å²) in [5.74, 6) is 1.50. The minimum absolute atomic E-state index is 0.00863. The van der Waals surface area contributed by atoms with Crippen LogP contribution in [0.25, 0.3) is 10.2 Å². The van der Waals surface area contributed by atoms with Crippen LogP contribution in [0.1, 0.15) is 24.6 Å². The van der Waals surface area contributed by atoms with E-state index in [1.807, 2.05) is 11.4 Å². The van der Waals surface area contributed by atoms with Crippen LogP contribution in [0, 0.1) is 0 Å². The second kappa shape index (κ2) is 4.64. The largest absolute Gasteiger partial charge is 0.290 e. The fourth-order valence-electron chi connectivity index (χ4n) is 1.92. The van der Waals surface area contributed by atoms with Gasteiger partial charge in [0.1, 0.15) is 10.7 Å². The summed E-state index contributed by atoms with van der Waals surface area (Å²) >= 11 is 4.29. The summed E-state index contributed by atoms with van der Waals surface area (Å²) in [7, 11) is 1.75. The summed E-state index contributed by atoms with van der Waals surface area (Å²) in [6, 6.07) is 1.82. The molecule has 0 bridgehead atoms. The molecule has 1 saturated carbocycles. The van der Waals surface area contributed by atoms with Crippen LogP contribution >= 0.6 is 34.6 Å². The summed E-state index contributed by atoms with van der Waals surface area (Å²) in [5, 5.41) is 3.24. The van der Waals surface area contributed by atoms with Crippen LogP contribution in [0.5, 0.6) is 0 Å². The molecule has 3 aromatic heterocycles. The van der Waals surface area contributed by atoms with Crippen LogP contribution in [0.15, 0.2) is 25.7 Å². The highest BCUT2D eigenvalue weighted by molar-refractivity contribution is 8.00. The summed E-state index contributed by atoms with van der Waals surface area (Å²) in [6.07, 6.45) is 2.39. The highest BCUT2D eigenvalue weighted by Crippen LogP contribution is 2.40. The number of hydrogen-bond donors (Lipinski definition) is 0. The minimum atomic E-state index is -0.00863. The Kier molecular flexibility index (Phi) is 2.90. The SMILES string of the molecule is Cn1c(Sc2nc(C3CC3)ns2)nc2sccc2c1=O. The van der Waals surface area contributed by atoms with Crippen molar-refractivity contribution >= 4 is 44.8 Å². The molecule has 1 aliphatic carbocycles. The van der Waals surface area contributed by atoms with Crippen LogP contribution in [0.2, 0.25) is 0 Å². The smallest absolute Gasteiger partial charge is 0.262 e. The van der Waals surface area contributed by atoms with E-state index in [4.69, 9.17) is 0 Å². The van der Waals surface area contributed by atoms with Gasteiger partial charge in [0.15, 0.2) is 9.50 Å². The lowest BCUT2D eigenvalue weighted by molar-refractivity contribution is 0.727. The molecular formula is C12H10N4OS3. The first kappa shape index (κ1) is 12.5. The van der Waals surface area contributed by atoms with E-state index in [2.05, 4.69) is 14.3 Å². The zero-order valence-electron chi connectivity index (χ0n) is 10.6. The van der Waals surface area contributed by atoms with Gasteiger partial charge in [-0.25, -0.2) is 9.97 Å². The van der Waals surface area contributed by atoms with Crippen LogP contribution in [0.4, 0.5) is 0 Å². The maximum atomic E-state index is 12.2. The van der Waals surface area contributed by atoms with Crippen LogP contribution in [-0.4, -0.2) is 18.9 Å². The van der Waals surface area contributed by atoms with Gasteiger partial charge in [-0.2, -0.15) is 4.37 Å². The Morgan fingerprint density at radius 1 is 1.40 bits per heavy atom. The second-order valence-electron chi connectivity index (χ2n) is 4.69. The molecule has 0 atom stereocenters. The molecule has 102 valence electrons. The molecule has 5 nitrogen and oxygen atoms in total. The van der Waals surface area contributed by atoms with E-state index in [-0.39, 0.29) is 5.56 Å². The zero-order valence-corrected chi connectivity index (χ0v) is 13.0. The number of nitrogens with zero attached hydrogens (tertiary/aromatic N) is 4. The van der Waals surface area contributed by atoms with Crippen molar-refractivity contribution in [2.75, 3.05) is 0 Å². The predicted molar refractivity (Wildman–Crippen MR) is 80.9 cm³/mol. The quantitative estimate of drug-likeness (QED) is 0.694. The van der Waals surface area contributed by atoms with E-state index >= 15 is 0 Å². The first-order chi connectivity index (χ1) is 9.72. The van der Waals surface area contributed by atoms with Gasteiger partial charge in [-0.1, -0.05) is 0 Å². The van der Waals surface area contributed by atoms with Gasteiger partial charge < -0.3 is 0 Å². The number of thiophene rings is 1. The highest BCUT2D eigenvalue weighted by atomic mass is 32.2. The predicted octanol–water partition coefficient (Wildman–Crippen LogP) is 2.88. The molecule has 0 saturated heterocycles. The summed E-state index contributed by atoms with van der Waals surface area (Å²) < 4.78 is 6.81. The Balaban J connectivity index is 1.73. The van der Waals surface area contributed by atoms with Gasteiger partial charge >= 0.3 is 0 Å². The van der Waals surface area contributed by atoms with E-state index in [1.54, 1.807) is 11.6 Å². The minimum Gasteiger partial charge on any atom is -0.290 e. The molecule has 0 amide bonds. The van der Waals surface area contributed by atoms with Crippen LogP contribution < -0.4 is 5.56 Å². The van der Waals surface area contributed by atoms with E-state index in [1.165, 1.54) is 47.5 Å². The monoisotopic (exact) mass is 322 g/mol. The Morgan fingerprint density at radius 3 is 3.05 bits per heavy atom. The van der Waals surface area contributed by atoms with Crippen molar-refractivity contribution < 1.29 is 0 Å². The third-order valence-corrected chi connectivity index (χ3v) is 5.83. The normalized spacial score (nSPS) is 15.1. The standard InChI is InChI=1S/C12H10N4OS3/c1-16-10(17)7-4-5-18-9(7)14-11(16)19-12-13-8(15-20-12)6-2-3-6/h4-6H,2-3H2,1H3. The molecule has 0 spiro atoms. The lowest BCUT2D eigenvalue weighted by Gasteiger charge is -2.04. The lowest BCUT2D eigenvalue weighted by Crippen LogP contribution is -2.18. The fourth-order valence-corrected chi connectivity index (χ4v) is 4.36. The van der Waals surface area contributed by atoms with Crippen molar-refractivity contribution in [3.63, 3.8) is 0 Å².